The molecule has 2 saturated heterocycles. The van der Waals surface area contributed by atoms with Crippen molar-refractivity contribution in [1.82, 2.24) is 5.32 Å². The molecule has 0 aromatic heterocycles. The molecule has 0 radical (unpaired) electrons. The Morgan fingerprint density at radius 3 is 2.82 bits per heavy atom. The van der Waals surface area contributed by atoms with Crippen molar-refractivity contribution >= 4 is 0 Å². The molecule has 1 unspecified atom stereocenters. The van der Waals surface area contributed by atoms with Gasteiger partial charge in [0.05, 0.1) is 6.10 Å². The Kier molecular flexibility index (Phi) is 1.90. The summed E-state index contributed by atoms with van der Waals surface area (Å²) in [6.45, 7) is 5.72. The van der Waals surface area contributed by atoms with Crippen LogP contribution < -0.4 is 5.32 Å². The fourth-order valence-corrected chi connectivity index (χ4v) is 2.05. The van der Waals surface area contributed by atoms with E-state index in [4.69, 9.17) is 4.74 Å². The van der Waals surface area contributed by atoms with E-state index in [0.717, 1.165) is 6.61 Å². The zero-order valence-corrected chi connectivity index (χ0v) is 7.23. The molecule has 0 saturated carbocycles. The maximum atomic E-state index is 5.60. The largest absolute Gasteiger partial charge is 0.378 e. The van der Waals surface area contributed by atoms with Gasteiger partial charge in [-0.25, -0.2) is 0 Å². The summed E-state index contributed by atoms with van der Waals surface area (Å²) >= 11 is 0. The predicted octanol–water partition coefficient (Wildman–Crippen LogP) is 1.17. The zero-order valence-electron chi connectivity index (χ0n) is 7.23. The molecule has 2 heterocycles. The minimum atomic E-state index is 0.551. The minimum absolute atomic E-state index is 0.551. The molecule has 0 aliphatic carbocycles. The second-order valence-electron chi connectivity index (χ2n) is 4.25. The van der Waals surface area contributed by atoms with E-state index >= 15 is 0 Å². The summed E-state index contributed by atoms with van der Waals surface area (Å²) in [6, 6.07) is 0. The fraction of sp³-hybridized carbons (Fsp3) is 1.00. The highest BCUT2D eigenvalue weighted by atomic mass is 16.5. The first-order chi connectivity index (χ1) is 5.29. The maximum absolute atomic E-state index is 5.60. The molecule has 2 nitrogen and oxygen atoms in total. The molecule has 11 heavy (non-hydrogen) atoms. The summed E-state index contributed by atoms with van der Waals surface area (Å²) in [5.41, 5.74) is 0.551. The minimum Gasteiger partial charge on any atom is -0.378 e. The van der Waals surface area contributed by atoms with Crippen LogP contribution in [0, 0.1) is 5.41 Å². The molecular weight excluding hydrogens is 138 g/mol. The van der Waals surface area contributed by atoms with Gasteiger partial charge in [-0.15, -0.1) is 0 Å². The van der Waals surface area contributed by atoms with Crippen LogP contribution in [0.3, 0.4) is 0 Å². The van der Waals surface area contributed by atoms with Crippen molar-refractivity contribution in [2.75, 3.05) is 19.7 Å². The first-order valence-electron chi connectivity index (χ1n) is 4.61. The summed E-state index contributed by atoms with van der Waals surface area (Å²) in [4.78, 5) is 0. The van der Waals surface area contributed by atoms with Crippen LogP contribution in [0.2, 0.25) is 0 Å². The molecular formula is C9H17NO. The van der Waals surface area contributed by atoms with E-state index in [2.05, 4.69) is 12.2 Å². The molecule has 2 aliphatic rings. The molecule has 2 aliphatic heterocycles. The van der Waals surface area contributed by atoms with Crippen LogP contribution in [0.15, 0.2) is 0 Å². The Morgan fingerprint density at radius 1 is 1.55 bits per heavy atom. The summed E-state index contributed by atoms with van der Waals surface area (Å²) in [5.74, 6) is 0. The molecule has 1 N–H and O–H groups in total. The Labute approximate surface area is 68.3 Å². The molecule has 0 bridgehead atoms. The number of rotatable bonds is 2. The van der Waals surface area contributed by atoms with Gasteiger partial charge in [0.25, 0.3) is 0 Å². The lowest BCUT2D eigenvalue weighted by Crippen LogP contribution is -2.52. The van der Waals surface area contributed by atoms with Crippen LogP contribution in [0.1, 0.15) is 26.2 Å². The second-order valence-corrected chi connectivity index (χ2v) is 4.25. The molecule has 0 spiro atoms. The van der Waals surface area contributed by atoms with Crippen LogP contribution in [-0.2, 0) is 4.74 Å². The SMILES string of the molecule is CC1(CC2CCCO2)CNC1. The third-order valence-electron chi connectivity index (χ3n) is 2.85. The topological polar surface area (TPSA) is 21.3 Å². The van der Waals surface area contributed by atoms with Crippen molar-refractivity contribution in [3.05, 3.63) is 0 Å². The van der Waals surface area contributed by atoms with Crippen molar-refractivity contribution in [3.63, 3.8) is 0 Å². The van der Waals surface area contributed by atoms with Crippen LogP contribution in [0.25, 0.3) is 0 Å². The molecule has 2 fully saturated rings. The van der Waals surface area contributed by atoms with Gasteiger partial charge < -0.3 is 10.1 Å². The van der Waals surface area contributed by atoms with Crippen molar-refractivity contribution in [2.24, 2.45) is 5.41 Å². The van der Waals surface area contributed by atoms with Crippen LogP contribution >= 0.6 is 0 Å². The van der Waals surface area contributed by atoms with Crippen molar-refractivity contribution in [2.45, 2.75) is 32.3 Å². The zero-order chi connectivity index (χ0) is 7.73. The van der Waals surface area contributed by atoms with Gasteiger partial charge in [-0.1, -0.05) is 6.92 Å². The van der Waals surface area contributed by atoms with Gasteiger partial charge in [0.2, 0.25) is 0 Å². The molecule has 1 atom stereocenters. The number of hydrogen-bond acceptors (Lipinski definition) is 2. The maximum Gasteiger partial charge on any atom is 0.0582 e. The van der Waals surface area contributed by atoms with Gasteiger partial charge in [0, 0.05) is 19.7 Å². The van der Waals surface area contributed by atoms with Gasteiger partial charge in [0.1, 0.15) is 0 Å². The van der Waals surface area contributed by atoms with Crippen LogP contribution in [-0.4, -0.2) is 25.8 Å². The molecule has 2 rings (SSSR count). The fourth-order valence-electron chi connectivity index (χ4n) is 2.05. The Morgan fingerprint density at radius 2 is 2.36 bits per heavy atom. The van der Waals surface area contributed by atoms with E-state index < -0.39 is 0 Å². The van der Waals surface area contributed by atoms with Crippen LogP contribution in [0.4, 0.5) is 0 Å². The van der Waals surface area contributed by atoms with Crippen molar-refractivity contribution < 1.29 is 4.74 Å². The normalized spacial score (nSPS) is 35.2. The number of hydrogen-bond donors (Lipinski definition) is 1. The highest BCUT2D eigenvalue weighted by molar-refractivity contribution is 4.90. The van der Waals surface area contributed by atoms with Gasteiger partial charge in [-0.3, -0.25) is 0 Å². The Bertz CT molecular complexity index is 136. The van der Waals surface area contributed by atoms with Gasteiger partial charge in [-0.2, -0.15) is 0 Å². The molecule has 2 heteroatoms. The summed E-state index contributed by atoms with van der Waals surface area (Å²) in [7, 11) is 0. The van der Waals surface area contributed by atoms with Crippen molar-refractivity contribution in [1.29, 1.82) is 0 Å². The van der Waals surface area contributed by atoms with Crippen molar-refractivity contribution in [3.8, 4) is 0 Å². The molecule has 0 aromatic rings. The summed E-state index contributed by atoms with van der Waals surface area (Å²) < 4.78 is 5.60. The lowest BCUT2D eigenvalue weighted by atomic mass is 9.78. The number of nitrogens with one attached hydrogen (secondary N) is 1. The first-order valence-corrected chi connectivity index (χ1v) is 4.61. The highest BCUT2D eigenvalue weighted by Gasteiger charge is 2.35. The van der Waals surface area contributed by atoms with Gasteiger partial charge in [0.15, 0.2) is 0 Å². The van der Waals surface area contributed by atoms with E-state index in [0.29, 0.717) is 11.5 Å². The quantitative estimate of drug-likeness (QED) is 0.646. The second kappa shape index (κ2) is 2.76. The van der Waals surface area contributed by atoms with Gasteiger partial charge >= 0.3 is 0 Å². The molecule has 64 valence electrons. The highest BCUT2D eigenvalue weighted by Crippen LogP contribution is 2.31. The predicted molar refractivity (Wildman–Crippen MR) is 44.6 cm³/mol. The average Bonchev–Trinajstić information content (AvgIpc) is 2.36. The molecule has 0 aromatic carbocycles. The molecule has 0 amide bonds. The Hall–Kier alpha value is -0.0800. The third-order valence-corrected chi connectivity index (χ3v) is 2.85. The lowest BCUT2D eigenvalue weighted by molar-refractivity contribution is 0.0452. The van der Waals surface area contributed by atoms with E-state index in [1.807, 2.05) is 0 Å². The third kappa shape index (κ3) is 1.57. The average molecular weight is 155 g/mol. The van der Waals surface area contributed by atoms with Crippen LogP contribution in [0.5, 0.6) is 0 Å². The monoisotopic (exact) mass is 155 g/mol. The summed E-state index contributed by atoms with van der Waals surface area (Å²) in [6.07, 6.45) is 4.39. The van der Waals surface area contributed by atoms with E-state index in [1.165, 1.54) is 32.4 Å². The first kappa shape index (κ1) is 7.56. The lowest BCUT2D eigenvalue weighted by Gasteiger charge is -2.40. The number of ether oxygens (including phenoxy) is 1. The standard InChI is InChI=1S/C9H17NO/c1-9(6-10-7-9)5-8-3-2-4-11-8/h8,10H,2-7H2,1H3. The smallest absolute Gasteiger partial charge is 0.0582 e. The summed E-state index contributed by atoms with van der Waals surface area (Å²) in [5, 5.41) is 3.32. The van der Waals surface area contributed by atoms with Gasteiger partial charge in [-0.05, 0) is 24.7 Å². The van der Waals surface area contributed by atoms with E-state index in [9.17, 15) is 0 Å². The van der Waals surface area contributed by atoms with E-state index in [1.54, 1.807) is 0 Å². The Balaban J connectivity index is 1.79. The van der Waals surface area contributed by atoms with E-state index in [-0.39, 0.29) is 0 Å².